The van der Waals surface area contributed by atoms with E-state index < -0.39 is 0 Å². The Balaban J connectivity index is 1.43. The van der Waals surface area contributed by atoms with E-state index in [2.05, 4.69) is 52.1 Å². The van der Waals surface area contributed by atoms with E-state index in [-0.39, 0.29) is 5.91 Å². The van der Waals surface area contributed by atoms with Crippen molar-refractivity contribution in [2.75, 3.05) is 12.3 Å². The lowest BCUT2D eigenvalue weighted by molar-refractivity contribution is -0.118. The number of rotatable bonds is 7. The molecule has 0 atom stereocenters. The van der Waals surface area contributed by atoms with E-state index in [1.807, 2.05) is 0 Å². The molecule has 6 heteroatoms. The third-order valence-corrected chi connectivity index (χ3v) is 5.12. The highest BCUT2D eigenvalue weighted by atomic mass is 32.2. The molecule has 0 bridgehead atoms. The molecule has 122 valence electrons. The van der Waals surface area contributed by atoms with Gasteiger partial charge >= 0.3 is 0 Å². The van der Waals surface area contributed by atoms with Crippen LogP contribution in [0.3, 0.4) is 0 Å². The molecule has 0 unspecified atom stereocenters. The summed E-state index contributed by atoms with van der Waals surface area (Å²) in [4.78, 5) is 13.2. The standard InChI is InChI=1S/C17H22N4OS/c1-12-3-4-13(2)15(9-12)23-10-16(22)18-7-8-21-11-19-20-17(21)14-5-6-14/h3-4,9,11,14H,5-8,10H2,1-2H3,(H,18,22). The normalized spacial score (nSPS) is 14.0. The van der Waals surface area contributed by atoms with Crippen molar-refractivity contribution in [2.24, 2.45) is 0 Å². The van der Waals surface area contributed by atoms with Gasteiger partial charge < -0.3 is 9.88 Å². The van der Waals surface area contributed by atoms with Crippen LogP contribution in [0.4, 0.5) is 0 Å². The molecule has 1 aromatic heterocycles. The maximum atomic E-state index is 12.0. The van der Waals surface area contributed by atoms with E-state index in [1.165, 1.54) is 28.9 Å². The summed E-state index contributed by atoms with van der Waals surface area (Å²) >= 11 is 1.59. The summed E-state index contributed by atoms with van der Waals surface area (Å²) in [6, 6.07) is 6.32. The highest BCUT2D eigenvalue weighted by Gasteiger charge is 2.28. The van der Waals surface area contributed by atoms with Gasteiger partial charge in [-0.3, -0.25) is 4.79 Å². The number of benzene rings is 1. The SMILES string of the molecule is Cc1ccc(C)c(SCC(=O)NCCn2cnnc2C2CC2)c1. The van der Waals surface area contributed by atoms with E-state index in [1.54, 1.807) is 18.1 Å². The summed E-state index contributed by atoms with van der Waals surface area (Å²) in [7, 11) is 0. The van der Waals surface area contributed by atoms with Gasteiger partial charge in [-0.15, -0.1) is 22.0 Å². The number of thioether (sulfide) groups is 1. The van der Waals surface area contributed by atoms with Gasteiger partial charge in [-0.1, -0.05) is 17.7 Å². The fourth-order valence-corrected chi connectivity index (χ4v) is 3.42. The largest absolute Gasteiger partial charge is 0.354 e. The van der Waals surface area contributed by atoms with Crippen LogP contribution < -0.4 is 5.32 Å². The molecule has 1 fully saturated rings. The first-order valence-electron chi connectivity index (χ1n) is 7.98. The Kier molecular flexibility index (Phi) is 5.00. The summed E-state index contributed by atoms with van der Waals surface area (Å²) in [6.45, 7) is 5.49. The Hall–Kier alpha value is -1.82. The van der Waals surface area contributed by atoms with Crippen LogP contribution >= 0.6 is 11.8 Å². The smallest absolute Gasteiger partial charge is 0.230 e. The minimum absolute atomic E-state index is 0.0666. The topological polar surface area (TPSA) is 59.8 Å². The van der Waals surface area contributed by atoms with Gasteiger partial charge in [-0.2, -0.15) is 0 Å². The Bertz CT molecular complexity index is 694. The second-order valence-electron chi connectivity index (χ2n) is 6.06. The average molecular weight is 330 g/mol. The Labute approximate surface area is 140 Å². The summed E-state index contributed by atoms with van der Waals surface area (Å²) in [6.07, 6.45) is 4.17. The summed E-state index contributed by atoms with van der Waals surface area (Å²) in [5.74, 6) is 2.15. The Morgan fingerprint density at radius 1 is 1.39 bits per heavy atom. The number of nitrogens with zero attached hydrogens (tertiary/aromatic N) is 3. The third-order valence-electron chi connectivity index (χ3n) is 3.97. The predicted molar refractivity (Wildman–Crippen MR) is 91.6 cm³/mol. The Morgan fingerprint density at radius 2 is 2.22 bits per heavy atom. The van der Waals surface area contributed by atoms with Crippen molar-refractivity contribution in [3.8, 4) is 0 Å². The van der Waals surface area contributed by atoms with Crippen molar-refractivity contribution in [1.29, 1.82) is 0 Å². The molecule has 5 nitrogen and oxygen atoms in total. The lowest BCUT2D eigenvalue weighted by Gasteiger charge is -2.09. The molecule has 2 aromatic rings. The molecule has 0 spiro atoms. The van der Waals surface area contributed by atoms with E-state index in [4.69, 9.17) is 0 Å². The van der Waals surface area contributed by atoms with Crippen molar-refractivity contribution in [3.05, 3.63) is 41.5 Å². The second kappa shape index (κ2) is 7.17. The number of hydrogen-bond acceptors (Lipinski definition) is 4. The highest BCUT2D eigenvalue weighted by molar-refractivity contribution is 8.00. The molecule has 1 heterocycles. The van der Waals surface area contributed by atoms with Crippen LogP contribution in [0, 0.1) is 13.8 Å². The van der Waals surface area contributed by atoms with Gasteiger partial charge in [-0.25, -0.2) is 0 Å². The molecule has 1 aromatic carbocycles. The monoisotopic (exact) mass is 330 g/mol. The van der Waals surface area contributed by atoms with Crippen molar-refractivity contribution < 1.29 is 4.79 Å². The fourth-order valence-electron chi connectivity index (χ4n) is 2.47. The van der Waals surface area contributed by atoms with Gasteiger partial charge in [0.25, 0.3) is 0 Å². The fraction of sp³-hybridized carbons (Fsp3) is 0.471. The molecule has 23 heavy (non-hydrogen) atoms. The van der Waals surface area contributed by atoms with Crippen LogP contribution in [0.25, 0.3) is 0 Å². The van der Waals surface area contributed by atoms with Gasteiger partial charge in [0.2, 0.25) is 5.91 Å². The molecule has 1 aliphatic rings. The first-order chi connectivity index (χ1) is 11.1. The first kappa shape index (κ1) is 16.1. The maximum absolute atomic E-state index is 12.0. The predicted octanol–water partition coefficient (Wildman–Crippen LogP) is 2.68. The van der Waals surface area contributed by atoms with Crippen LogP contribution in [0.2, 0.25) is 0 Å². The minimum atomic E-state index is 0.0666. The summed E-state index contributed by atoms with van der Waals surface area (Å²) in [5, 5.41) is 11.1. The zero-order chi connectivity index (χ0) is 16.2. The summed E-state index contributed by atoms with van der Waals surface area (Å²) in [5.41, 5.74) is 2.44. The zero-order valence-corrected chi connectivity index (χ0v) is 14.4. The molecule has 1 N–H and O–H groups in total. The van der Waals surface area contributed by atoms with Crippen molar-refractivity contribution in [1.82, 2.24) is 20.1 Å². The number of carbonyl (C=O) groups is 1. The van der Waals surface area contributed by atoms with Crippen LogP contribution in [0.5, 0.6) is 0 Å². The zero-order valence-electron chi connectivity index (χ0n) is 13.6. The first-order valence-corrected chi connectivity index (χ1v) is 8.96. The van der Waals surface area contributed by atoms with E-state index >= 15 is 0 Å². The van der Waals surface area contributed by atoms with E-state index in [9.17, 15) is 4.79 Å². The molecular formula is C17H22N4OS. The molecule has 0 saturated heterocycles. The van der Waals surface area contributed by atoms with Gasteiger partial charge in [0.05, 0.1) is 5.75 Å². The van der Waals surface area contributed by atoms with Crippen molar-refractivity contribution in [3.63, 3.8) is 0 Å². The van der Waals surface area contributed by atoms with Gasteiger partial charge in [0.15, 0.2) is 0 Å². The molecule has 0 radical (unpaired) electrons. The van der Waals surface area contributed by atoms with E-state index in [0.717, 1.165) is 12.4 Å². The van der Waals surface area contributed by atoms with Gasteiger partial charge in [-0.05, 0) is 38.3 Å². The van der Waals surface area contributed by atoms with Crippen molar-refractivity contribution in [2.45, 2.75) is 44.0 Å². The third kappa shape index (κ3) is 4.34. The summed E-state index contributed by atoms with van der Waals surface area (Å²) < 4.78 is 2.05. The van der Waals surface area contributed by atoms with Crippen molar-refractivity contribution >= 4 is 17.7 Å². The second-order valence-corrected chi connectivity index (χ2v) is 7.08. The average Bonchev–Trinajstić information content (AvgIpc) is 3.27. The van der Waals surface area contributed by atoms with Crippen LogP contribution in [-0.4, -0.2) is 33.0 Å². The molecule has 0 aliphatic heterocycles. The molecule has 1 saturated carbocycles. The number of hydrogen-bond donors (Lipinski definition) is 1. The number of nitrogens with one attached hydrogen (secondary N) is 1. The highest BCUT2D eigenvalue weighted by Crippen LogP contribution is 2.38. The number of amides is 1. The van der Waals surface area contributed by atoms with Crippen LogP contribution in [-0.2, 0) is 11.3 Å². The molecular weight excluding hydrogens is 308 g/mol. The Morgan fingerprint density at radius 3 is 3.00 bits per heavy atom. The number of aromatic nitrogens is 3. The maximum Gasteiger partial charge on any atom is 0.230 e. The van der Waals surface area contributed by atoms with Gasteiger partial charge in [0.1, 0.15) is 12.2 Å². The molecule has 3 rings (SSSR count). The number of aryl methyl sites for hydroxylation is 2. The molecule has 1 aliphatic carbocycles. The molecule has 1 amide bonds. The quantitative estimate of drug-likeness (QED) is 0.793. The van der Waals surface area contributed by atoms with Gasteiger partial charge in [0, 0.05) is 23.9 Å². The van der Waals surface area contributed by atoms with E-state index in [0.29, 0.717) is 18.2 Å². The van der Waals surface area contributed by atoms with Crippen LogP contribution in [0.1, 0.15) is 35.7 Å². The van der Waals surface area contributed by atoms with Crippen LogP contribution in [0.15, 0.2) is 29.4 Å². The number of carbonyl (C=O) groups excluding carboxylic acids is 1. The minimum Gasteiger partial charge on any atom is -0.354 e. The lowest BCUT2D eigenvalue weighted by atomic mass is 10.2. The lowest BCUT2D eigenvalue weighted by Crippen LogP contribution is -2.29.